The van der Waals surface area contributed by atoms with Gasteiger partial charge in [-0.15, -0.1) is 0 Å². The van der Waals surface area contributed by atoms with Gasteiger partial charge in [0.1, 0.15) is 16.4 Å². The van der Waals surface area contributed by atoms with Crippen molar-refractivity contribution in [2.24, 2.45) is 5.41 Å². The van der Waals surface area contributed by atoms with E-state index in [9.17, 15) is 18.0 Å². The van der Waals surface area contributed by atoms with Gasteiger partial charge in [-0.3, -0.25) is 9.59 Å². The van der Waals surface area contributed by atoms with Crippen molar-refractivity contribution in [1.82, 2.24) is 4.90 Å². The Morgan fingerprint density at radius 2 is 1.89 bits per heavy atom. The highest BCUT2D eigenvalue weighted by Crippen LogP contribution is 2.50. The van der Waals surface area contributed by atoms with Gasteiger partial charge in [-0.25, -0.2) is 8.42 Å². The lowest BCUT2D eigenvalue weighted by atomic mass is 10.0. The van der Waals surface area contributed by atoms with Crippen molar-refractivity contribution in [3.05, 3.63) is 0 Å². The van der Waals surface area contributed by atoms with E-state index in [4.69, 9.17) is 5.11 Å². The molecule has 1 aliphatic rings. The number of rotatable bonds is 7. The van der Waals surface area contributed by atoms with E-state index in [0.717, 1.165) is 19.1 Å². The maximum Gasteiger partial charge on any atom is 0.323 e. The van der Waals surface area contributed by atoms with Crippen LogP contribution in [0.3, 0.4) is 0 Å². The first-order valence-electron chi connectivity index (χ1n) is 5.85. The lowest BCUT2D eigenvalue weighted by Gasteiger charge is -2.21. The molecule has 0 aromatic heterocycles. The second-order valence-electron chi connectivity index (χ2n) is 5.05. The average Bonchev–Trinajstić information content (AvgIpc) is 2.90. The predicted molar refractivity (Wildman–Crippen MR) is 65.9 cm³/mol. The number of sulfone groups is 1. The number of nitrogens with zero attached hydrogens (tertiary/aromatic N) is 1. The summed E-state index contributed by atoms with van der Waals surface area (Å²) in [5.74, 6) is -1.32. The molecule has 0 spiro atoms. The van der Waals surface area contributed by atoms with Crippen molar-refractivity contribution in [2.45, 2.75) is 26.2 Å². The molecule has 104 valence electrons. The first-order valence-corrected chi connectivity index (χ1v) is 7.91. The molecule has 0 radical (unpaired) electrons. The molecule has 0 unspecified atom stereocenters. The highest BCUT2D eigenvalue weighted by Gasteiger charge is 2.47. The topological polar surface area (TPSA) is 91.8 Å². The first-order chi connectivity index (χ1) is 8.17. The van der Waals surface area contributed by atoms with Gasteiger partial charge in [0.2, 0.25) is 5.91 Å². The summed E-state index contributed by atoms with van der Waals surface area (Å²) in [6.45, 7) is 1.70. The SMILES string of the molecule is CCN(CC(=O)O)C(=O)CC1(CS(C)(=O)=O)CC1. The zero-order valence-electron chi connectivity index (χ0n) is 10.7. The standard InChI is InChI=1S/C11H19NO5S/c1-3-12(7-10(14)15)9(13)6-11(4-5-11)8-18(2,16)17/h3-8H2,1-2H3,(H,14,15). The Labute approximate surface area is 107 Å². The van der Waals surface area contributed by atoms with Crippen LogP contribution in [0.25, 0.3) is 0 Å². The predicted octanol–water partition coefficient (Wildman–Crippen LogP) is 0.134. The normalized spacial score (nSPS) is 17.2. The summed E-state index contributed by atoms with van der Waals surface area (Å²) in [5.41, 5.74) is -0.448. The molecule has 0 atom stereocenters. The molecule has 0 aliphatic heterocycles. The summed E-state index contributed by atoms with van der Waals surface area (Å²) in [4.78, 5) is 23.8. The summed E-state index contributed by atoms with van der Waals surface area (Å²) in [6.07, 6.45) is 2.72. The Bertz CT molecular complexity index is 438. The van der Waals surface area contributed by atoms with E-state index in [2.05, 4.69) is 0 Å². The van der Waals surface area contributed by atoms with Gasteiger partial charge in [0.15, 0.2) is 0 Å². The first kappa shape index (κ1) is 14.9. The molecule has 1 fully saturated rings. The lowest BCUT2D eigenvalue weighted by molar-refractivity contribution is -0.144. The van der Waals surface area contributed by atoms with Crippen LogP contribution in [0.15, 0.2) is 0 Å². The van der Waals surface area contributed by atoms with E-state index < -0.39 is 21.2 Å². The number of aliphatic carboxylic acids is 1. The van der Waals surface area contributed by atoms with Crippen LogP contribution in [0, 0.1) is 5.41 Å². The number of likely N-dealkylation sites (N-methyl/N-ethyl adjacent to an activating group) is 1. The summed E-state index contributed by atoms with van der Waals surface area (Å²) in [7, 11) is -3.11. The van der Waals surface area contributed by atoms with E-state index in [1.54, 1.807) is 6.92 Å². The van der Waals surface area contributed by atoms with E-state index >= 15 is 0 Å². The fraction of sp³-hybridized carbons (Fsp3) is 0.818. The minimum Gasteiger partial charge on any atom is -0.480 e. The van der Waals surface area contributed by atoms with Crippen LogP contribution >= 0.6 is 0 Å². The van der Waals surface area contributed by atoms with E-state index in [0.29, 0.717) is 6.54 Å². The maximum absolute atomic E-state index is 11.9. The lowest BCUT2D eigenvalue weighted by Crippen LogP contribution is -2.37. The van der Waals surface area contributed by atoms with Crippen LogP contribution < -0.4 is 0 Å². The highest BCUT2D eigenvalue weighted by molar-refractivity contribution is 7.90. The third kappa shape index (κ3) is 4.64. The van der Waals surface area contributed by atoms with Gasteiger partial charge in [-0.05, 0) is 25.2 Å². The molecule has 1 N–H and O–H groups in total. The van der Waals surface area contributed by atoms with Gasteiger partial charge in [-0.2, -0.15) is 0 Å². The number of amides is 1. The van der Waals surface area contributed by atoms with Gasteiger partial charge in [0.05, 0.1) is 5.75 Å². The smallest absolute Gasteiger partial charge is 0.323 e. The summed E-state index contributed by atoms with van der Waals surface area (Å²) in [6, 6.07) is 0. The van der Waals surface area contributed by atoms with Gasteiger partial charge in [0.25, 0.3) is 0 Å². The third-order valence-electron chi connectivity index (χ3n) is 3.11. The second kappa shape index (κ2) is 5.26. The molecule has 1 rings (SSSR count). The fourth-order valence-electron chi connectivity index (χ4n) is 2.08. The Balaban J connectivity index is 2.61. The summed E-state index contributed by atoms with van der Waals surface area (Å²) >= 11 is 0. The molecule has 1 saturated carbocycles. The van der Waals surface area contributed by atoms with Crippen molar-refractivity contribution in [3.63, 3.8) is 0 Å². The minimum absolute atomic E-state index is 0.0103. The minimum atomic E-state index is -3.11. The number of carbonyl (C=O) groups is 2. The molecule has 0 bridgehead atoms. The van der Waals surface area contributed by atoms with Crippen LogP contribution in [0.2, 0.25) is 0 Å². The zero-order chi connectivity index (χ0) is 14.0. The maximum atomic E-state index is 11.9. The van der Waals surface area contributed by atoms with Gasteiger partial charge < -0.3 is 10.0 Å². The molecular formula is C11H19NO5S. The molecule has 0 heterocycles. The number of hydrogen-bond donors (Lipinski definition) is 1. The van der Waals surface area contributed by atoms with E-state index in [1.165, 1.54) is 4.90 Å². The molecule has 1 amide bonds. The van der Waals surface area contributed by atoms with E-state index in [1.807, 2.05) is 0 Å². The van der Waals surface area contributed by atoms with E-state index in [-0.39, 0.29) is 24.6 Å². The average molecular weight is 277 g/mol. The molecule has 6 nitrogen and oxygen atoms in total. The van der Waals surface area contributed by atoms with Crippen LogP contribution in [-0.2, 0) is 19.4 Å². The number of carboxylic acids is 1. The van der Waals surface area contributed by atoms with Gasteiger partial charge in [-0.1, -0.05) is 0 Å². The van der Waals surface area contributed by atoms with Crippen molar-refractivity contribution in [1.29, 1.82) is 0 Å². The molecule has 18 heavy (non-hydrogen) atoms. The number of hydrogen-bond acceptors (Lipinski definition) is 4. The number of carboxylic acid groups (broad SMARTS) is 1. The van der Waals surface area contributed by atoms with Crippen LogP contribution in [-0.4, -0.2) is 55.4 Å². The zero-order valence-corrected chi connectivity index (χ0v) is 11.5. The molecule has 1 aliphatic carbocycles. The molecular weight excluding hydrogens is 258 g/mol. The highest BCUT2D eigenvalue weighted by atomic mass is 32.2. The van der Waals surface area contributed by atoms with Crippen molar-refractivity contribution >= 4 is 21.7 Å². The monoisotopic (exact) mass is 277 g/mol. The van der Waals surface area contributed by atoms with Crippen molar-refractivity contribution in [2.75, 3.05) is 25.1 Å². The van der Waals surface area contributed by atoms with Crippen molar-refractivity contribution in [3.8, 4) is 0 Å². The summed E-state index contributed by atoms with van der Waals surface area (Å²) < 4.78 is 22.5. The van der Waals surface area contributed by atoms with Crippen LogP contribution in [0.1, 0.15) is 26.2 Å². The second-order valence-corrected chi connectivity index (χ2v) is 7.19. The molecule has 7 heteroatoms. The Hall–Kier alpha value is -1.11. The Morgan fingerprint density at radius 3 is 2.22 bits per heavy atom. The fourth-order valence-corrected chi connectivity index (χ4v) is 3.58. The van der Waals surface area contributed by atoms with Crippen LogP contribution in [0.5, 0.6) is 0 Å². The molecule has 0 aromatic rings. The van der Waals surface area contributed by atoms with Gasteiger partial charge in [0, 0.05) is 19.2 Å². The van der Waals surface area contributed by atoms with Crippen LogP contribution in [0.4, 0.5) is 0 Å². The van der Waals surface area contributed by atoms with Crippen molar-refractivity contribution < 1.29 is 23.1 Å². The molecule has 0 aromatic carbocycles. The number of carbonyl (C=O) groups excluding carboxylic acids is 1. The Morgan fingerprint density at radius 1 is 1.33 bits per heavy atom. The Kier molecular flexibility index (Phi) is 4.37. The summed E-state index contributed by atoms with van der Waals surface area (Å²) in [5, 5.41) is 8.67. The van der Waals surface area contributed by atoms with Gasteiger partial charge >= 0.3 is 5.97 Å². The third-order valence-corrected chi connectivity index (χ3v) is 4.25. The quantitative estimate of drug-likeness (QED) is 0.714. The largest absolute Gasteiger partial charge is 0.480 e. The molecule has 0 saturated heterocycles.